The maximum atomic E-state index is 13.3. The second kappa shape index (κ2) is 5.57. The van der Waals surface area contributed by atoms with Gasteiger partial charge in [0.15, 0.2) is 16.9 Å². The third-order valence-corrected chi connectivity index (χ3v) is 5.04. The molecule has 1 aromatic carbocycles. The van der Waals surface area contributed by atoms with E-state index in [2.05, 4.69) is 4.98 Å². The normalized spacial score (nSPS) is 14.1. The van der Waals surface area contributed by atoms with Crippen LogP contribution in [0.15, 0.2) is 32.0 Å². The summed E-state index contributed by atoms with van der Waals surface area (Å²) in [7, 11) is 2.96. The van der Waals surface area contributed by atoms with Crippen LogP contribution in [0.5, 0.6) is 11.5 Å². The van der Waals surface area contributed by atoms with Crippen molar-refractivity contribution in [1.29, 1.82) is 0 Å². The van der Waals surface area contributed by atoms with Crippen molar-refractivity contribution >= 4 is 38.8 Å². The van der Waals surface area contributed by atoms with E-state index in [1.165, 1.54) is 20.5 Å². The molecular formula is C20H15NO6. The Morgan fingerprint density at radius 2 is 1.85 bits per heavy atom. The molecule has 3 heterocycles. The first-order valence-corrected chi connectivity index (χ1v) is 8.58. The number of furan rings is 1. The van der Waals surface area contributed by atoms with Crippen LogP contribution in [0.2, 0.25) is 0 Å². The molecule has 0 saturated heterocycles. The Hall–Kier alpha value is -3.35. The summed E-state index contributed by atoms with van der Waals surface area (Å²) in [6, 6.07) is 3.30. The number of methoxy groups -OCH3 is 2. The Morgan fingerprint density at radius 3 is 2.63 bits per heavy atom. The zero-order chi connectivity index (χ0) is 18.7. The number of rotatable bonds is 2. The molecule has 0 spiro atoms. The van der Waals surface area contributed by atoms with Crippen LogP contribution in [0.25, 0.3) is 33.0 Å². The Morgan fingerprint density at radius 1 is 1.04 bits per heavy atom. The number of Topliss-reactive ketones (excluding diaryl/α,β-unsaturated/α-hetero) is 1. The lowest BCUT2D eigenvalue weighted by molar-refractivity contribution is 0.0972. The van der Waals surface area contributed by atoms with Crippen LogP contribution in [0.4, 0.5) is 0 Å². The fourth-order valence-corrected chi connectivity index (χ4v) is 3.81. The van der Waals surface area contributed by atoms with E-state index in [-0.39, 0.29) is 33.3 Å². The molecule has 27 heavy (non-hydrogen) atoms. The minimum absolute atomic E-state index is 0.0000193. The molecule has 0 amide bonds. The fourth-order valence-electron chi connectivity index (χ4n) is 3.81. The summed E-state index contributed by atoms with van der Waals surface area (Å²) in [5, 5.41) is 1.09. The zero-order valence-electron chi connectivity index (χ0n) is 14.8. The Kier molecular flexibility index (Phi) is 3.28. The number of carbonyl (C=O) groups is 1. The van der Waals surface area contributed by atoms with Gasteiger partial charge in [0.2, 0.25) is 16.9 Å². The van der Waals surface area contributed by atoms with Gasteiger partial charge in [-0.1, -0.05) is 0 Å². The molecule has 0 atom stereocenters. The van der Waals surface area contributed by atoms with Gasteiger partial charge in [0, 0.05) is 12.0 Å². The molecule has 0 N–H and O–H groups in total. The molecule has 136 valence electrons. The number of ketones is 1. The summed E-state index contributed by atoms with van der Waals surface area (Å²) in [4.78, 5) is 30.0. The highest BCUT2D eigenvalue weighted by atomic mass is 16.5. The van der Waals surface area contributed by atoms with Gasteiger partial charge in [-0.05, 0) is 25.0 Å². The molecule has 0 bridgehead atoms. The van der Waals surface area contributed by atoms with Gasteiger partial charge in [-0.25, -0.2) is 4.98 Å². The Balaban J connectivity index is 2.01. The van der Waals surface area contributed by atoms with E-state index in [4.69, 9.17) is 18.3 Å². The number of ether oxygens (including phenoxy) is 2. The molecule has 1 aliphatic carbocycles. The van der Waals surface area contributed by atoms with Crippen molar-refractivity contribution in [3.8, 4) is 11.5 Å². The lowest BCUT2D eigenvalue weighted by atomic mass is 9.94. The molecule has 0 fully saturated rings. The second-order valence-corrected chi connectivity index (χ2v) is 6.48. The summed E-state index contributed by atoms with van der Waals surface area (Å²) in [5.74, 6) is 0.648. The number of hydrogen-bond acceptors (Lipinski definition) is 7. The van der Waals surface area contributed by atoms with E-state index in [1.807, 2.05) is 0 Å². The van der Waals surface area contributed by atoms with Crippen molar-refractivity contribution in [2.75, 3.05) is 14.2 Å². The molecule has 7 nitrogen and oxygen atoms in total. The second-order valence-electron chi connectivity index (χ2n) is 6.48. The summed E-state index contributed by atoms with van der Waals surface area (Å²) in [5.41, 5.74) is 1.65. The number of carbonyl (C=O) groups excluding carboxylic acids is 1. The number of pyridine rings is 1. The first kappa shape index (κ1) is 15.9. The highest BCUT2D eigenvalue weighted by Gasteiger charge is 2.26. The number of aromatic nitrogens is 1. The van der Waals surface area contributed by atoms with Gasteiger partial charge in [-0.15, -0.1) is 0 Å². The quantitative estimate of drug-likeness (QED) is 0.501. The standard InChI is InChI=1S/C20H15NO6/c1-24-16-9-6-7-26-17(9)19(25-2)18-14(16)15(23)11-8-10-12(21-20(11)27-18)4-3-5-13(10)22/h6-8H,3-5H2,1-2H3. The first-order valence-electron chi connectivity index (χ1n) is 8.58. The lowest BCUT2D eigenvalue weighted by Gasteiger charge is -2.15. The third kappa shape index (κ3) is 2.05. The molecule has 0 aliphatic heterocycles. The summed E-state index contributed by atoms with van der Waals surface area (Å²) in [6.07, 6.45) is 3.38. The molecule has 7 heteroatoms. The Labute approximate surface area is 152 Å². The van der Waals surface area contributed by atoms with E-state index in [1.54, 1.807) is 12.1 Å². The highest BCUT2D eigenvalue weighted by molar-refractivity contribution is 6.09. The minimum atomic E-state index is -0.321. The molecule has 0 saturated carbocycles. The number of fused-ring (bicyclic) bond motifs is 4. The van der Waals surface area contributed by atoms with Crippen molar-refractivity contribution in [2.45, 2.75) is 19.3 Å². The van der Waals surface area contributed by atoms with Crippen LogP contribution >= 0.6 is 0 Å². The van der Waals surface area contributed by atoms with E-state index >= 15 is 0 Å². The average Bonchev–Trinajstić information content (AvgIpc) is 3.15. The van der Waals surface area contributed by atoms with Crippen molar-refractivity contribution in [3.05, 3.63) is 39.9 Å². The topological polar surface area (TPSA) is 91.8 Å². The SMILES string of the molecule is COc1c2occc2c(OC)c2c(=O)c3cc4c(nc3oc12)CCCC4=O. The summed E-state index contributed by atoms with van der Waals surface area (Å²) < 4.78 is 22.5. The Bertz CT molecular complexity index is 1310. The van der Waals surface area contributed by atoms with Gasteiger partial charge >= 0.3 is 0 Å². The largest absolute Gasteiger partial charge is 0.495 e. The van der Waals surface area contributed by atoms with E-state index < -0.39 is 0 Å². The van der Waals surface area contributed by atoms with Gasteiger partial charge in [-0.2, -0.15) is 0 Å². The molecule has 5 rings (SSSR count). The van der Waals surface area contributed by atoms with E-state index in [9.17, 15) is 9.59 Å². The zero-order valence-corrected chi connectivity index (χ0v) is 14.8. The molecule has 3 aromatic heterocycles. The molecular weight excluding hydrogens is 350 g/mol. The molecule has 1 aliphatic rings. The number of benzene rings is 1. The van der Waals surface area contributed by atoms with Crippen molar-refractivity contribution in [3.63, 3.8) is 0 Å². The lowest BCUT2D eigenvalue weighted by Crippen LogP contribution is -2.15. The predicted molar refractivity (Wildman–Crippen MR) is 97.9 cm³/mol. The number of nitrogens with zero attached hydrogens (tertiary/aromatic N) is 1. The van der Waals surface area contributed by atoms with Gasteiger partial charge in [-0.3, -0.25) is 9.59 Å². The van der Waals surface area contributed by atoms with Crippen LogP contribution in [0.1, 0.15) is 28.9 Å². The maximum Gasteiger partial charge on any atom is 0.231 e. The van der Waals surface area contributed by atoms with Crippen molar-refractivity contribution in [2.24, 2.45) is 0 Å². The van der Waals surface area contributed by atoms with Crippen LogP contribution < -0.4 is 14.9 Å². The van der Waals surface area contributed by atoms with Gasteiger partial charge < -0.3 is 18.3 Å². The summed E-state index contributed by atoms with van der Waals surface area (Å²) >= 11 is 0. The van der Waals surface area contributed by atoms with E-state index in [0.717, 1.165) is 6.42 Å². The van der Waals surface area contributed by atoms with Crippen molar-refractivity contribution < 1.29 is 23.1 Å². The number of aryl methyl sites for hydroxylation is 1. The first-order chi connectivity index (χ1) is 13.1. The molecule has 0 radical (unpaired) electrons. The predicted octanol–water partition coefficient (Wildman–Crippen LogP) is 3.62. The van der Waals surface area contributed by atoms with Gasteiger partial charge in [0.1, 0.15) is 11.1 Å². The van der Waals surface area contributed by atoms with Gasteiger partial charge in [0.05, 0.1) is 36.9 Å². The van der Waals surface area contributed by atoms with Crippen LogP contribution in [-0.2, 0) is 6.42 Å². The fraction of sp³-hybridized carbons (Fsp3) is 0.250. The number of hydrogen-bond donors (Lipinski definition) is 0. The van der Waals surface area contributed by atoms with Crippen LogP contribution in [-0.4, -0.2) is 25.0 Å². The monoisotopic (exact) mass is 365 g/mol. The minimum Gasteiger partial charge on any atom is -0.495 e. The summed E-state index contributed by atoms with van der Waals surface area (Å²) in [6.45, 7) is 0. The third-order valence-electron chi connectivity index (χ3n) is 5.04. The molecule has 0 unspecified atom stereocenters. The smallest absolute Gasteiger partial charge is 0.231 e. The van der Waals surface area contributed by atoms with E-state index in [0.29, 0.717) is 46.6 Å². The van der Waals surface area contributed by atoms with Crippen LogP contribution in [0, 0.1) is 0 Å². The van der Waals surface area contributed by atoms with Crippen LogP contribution in [0.3, 0.4) is 0 Å². The highest BCUT2D eigenvalue weighted by Crippen LogP contribution is 2.42. The van der Waals surface area contributed by atoms with Crippen molar-refractivity contribution in [1.82, 2.24) is 4.98 Å². The average molecular weight is 365 g/mol. The maximum absolute atomic E-state index is 13.3. The van der Waals surface area contributed by atoms with Gasteiger partial charge in [0.25, 0.3) is 0 Å². The molecule has 4 aromatic rings.